The molecule has 0 saturated heterocycles. The van der Waals surface area contributed by atoms with Crippen molar-refractivity contribution in [2.24, 2.45) is 16.1 Å². The molecule has 0 bridgehead atoms. The van der Waals surface area contributed by atoms with Crippen molar-refractivity contribution >= 4 is 5.96 Å². The van der Waals surface area contributed by atoms with Gasteiger partial charge in [-0.3, -0.25) is 0 Å². The molecule has 4 nitrogen and oxygen atoms in total. The Labute approximate surface area is 117 Å². The summed E-state index contributed by atoms with van der Waals surface area (Å²) in [6.07, 6.45) is 7.64. The first kappa shape index (κ1) is 14.6. The van der Waals surface area contributed by atoms with Gasteiger partial charge in [0.25, 0.3) is 0 Å². The molecule has 2 rings (SSSR count). The van der Waals surface area contributed by atoms with E-state index in [9.17, 15) is 0 Å². The van der Waals surface area contributed by atoms with Crippen LogP contribution in [-0.4, -0.2) is 30.8 Å². The van der Waals surface area contributed by atoms with Gasteiger partial charge in [0.05, 0.1) is 12.1 Å². The molecule has 3 unspecified atom stereocenters. The van der Waals surface area contributed by atoms with E-state index in [4.69, 9.17) is 15.5 Å². The number of hydrogen-bond acceptors (Lipinski definition) is 2. The minimum absolute atomic E-state index is 0.289. The molecular weight excluding hydrogens is 238 g/mol. The number of nitrogens with zero attached hydrogens (tertiary/aromatic N) is 1. The van der Waals surface area contributed by atoms with Crippen molar-refractivity contribution < 1.29 is 4.74 Å². The Morgan fingerprint density at radius 3 is 2.68 bits per heavy atom. The molecule has 4 heteroatoms. The third-order valence-electron chi connectivity index (χ3n) is 4.95. The fourth-order valence-corrected chi connectivity index (χ4v) is 3.59. The SMILES string of the molecule is CCOC1CC(N=C(N)NC(C)CC)C12CCCC2. The summed E-state index contributed by atoms with van der Waals surface area (Å²) in [6, 6.07) is 0.758. The van der Waals surface area contributed by atoms with E-state index < -0.39 is 0 Å². The van der Waals surface area contributed by atoms with Crippen LogP contribution in [0.25, 0.3) is 0 Å². The lowest BCUT2D eigenvalue weighted by Crippen LogP contribution is -2.57. The molecule has 2 fully saturated rings. The Morgan fingerprint density at radius 1 is 1.42 bits per heavy atom. The van der Waals surface area contributed by atoms with Crippen LogP contribution in [0.3, 0.4) is 0 Å². The summed E-state index contributed by atoms with van der Waals surface area (Å²) >= 11 is 0. The second-order valence-corrected chi connectivity index (χ2v) is 6.10. The molecule has 2 aliphatic rings. The van der Waals surface area contributed by atoms with Crippen molar-refractivity contribution in [1.29, 1.82) is 0 Å². The third-order valence-corrected chi connectivity index (χ3v) is 4.95. The number of aliphatic imine (C=N–C) groups is 1. The fraction of sp³-hybridized carbons (Fsp3) is 0.933. The predicted octanol–water partition coefficient (Wildman–Crippen LogP) is 2.43. The zero-order valence-corrected chi connectivity index (χ0v) is 12.6. The molecular formula is C15H29N3O. The zero-order chi connectivity index (χ0) is 13.9. The molecule has 3 N–H and O–H groups in total. The van der Waals surface area contributed by atoms with E-state index in [0.29, 0.717) is 24.1 Å². The normalized spacial score (nSPS) is 31.2. The second kappa shape index (κ2) is 6.12. The Kier molecular flexibility index (Phi) is 4.71. The highest BCUT2D eigenvalue weighted by molar-refractivity contribution is 5.78. The fourth-order valence-electron chi connectivity index (χ4n) is 3.59. The lowest BCUT2D eigenvalue weighted by Gasteiger charge is -2.52. The molecule has 1 spiro atoms. The molecule has 19 heavy (non-hydrogen) atoms. The molecule has 0 heterocycles. The van der Waals surface area contributed by atoms with Gasteiger partial charge in [0.1, 0.15) is 0 Å². The van der Waals surface area contributed by atoms with Crippen LogP contribution >= 0.6 is 0 Å². The molecule has 0 aromatic carbocycles. The van der Waals surface area contributed by atoms with Gasteiger partial charge in [0.15, 0.2) is 5.96 Å². The van der Waals surface area contributed by atoms with Crippen molar-refractivity contribution in [3.05, 3.63) is 0 Å². The third kappa shape index (κ3) is 2.88. The Balaban J connectivity index is 1.99. The maximum atomic E-state index is 6.03. The van der Waals surface area contributed by atoms with Crippen LogP contribution in [0, 0.1) is 5.41 Å². The average Bonchev–Trinajstić information content (AvgIpc) is 2.89. The smallest absolute Gasteiger partial charge is 0.189 e. The summed E-state index contributed by atoms with van der Waals surface area (Å²) in [5, 5.41) is 3.27. The topological polar surface area (TPSA) is 59.6 Å². The van der Waals surface area contributed by atoms with E-state index in [1.165, 1.54) is 25.7 Å². The summed E-state index contributed by atoms with van der Waals surface area (Å²) < 4.78 is 5.90. The van der Waals surface area contributed by atoms with Crippen molar-refractivity contribution in [3.8, 4) is 0 Å². The van der Waals surface area contributed by atoms with Gasteiger partial charge >= 0.3 is 0 Å². The van der Waals surface area contributed by atoms with Gasteiger partial charge in [0, 0.05) is 18.1 Å². The van der Waals surface area contributed by atoms with E-state index in [-0.39, 0.29) is 5.41 Å². The average molecular weight is 267 g/mol. The standard InChI is InChI=1S/C15H29N3O/c1-4-11(3)17-14(16)18-12-10-13(19-5-2)15(12)8-6-7-9-15/h11-13H,4-10H2,1-3H3,(H3,16,17,18). The zero-order valence-electron chi connectivity index (χ0n) is 12.6. The minimum atomic E-state index is 0.289. The molecule has 0 aromatic heterocycles. The van der Waals surface area contributed by atoms with Crippen LogP contribution in [0.5, 0.6) is 0 Å². The molecule has 0 aliphatic heterocycles. The van der Waals surface area contributed by atoms with Crippen molar-refractivity contribution in [3.63, 3.8) is 0 Å². The van der Waals surface area contributed by atoms with Gasteiger partial charge in [-0.05, 0) is 39.5 Å². The van der Waals surface area contributed by atoms with Crippen molar-refractivity contribution in [2.75, 3.05) is 6.61 Å². The maximum Gasteiger partial charge on any atom is 0.189 e. The first-order valence-corrected chi connectivity index (χ1v) is 7.83. The first-order chi connectivity index (χ1) is 9.12. The van der Waals surface area contributed by atoms with Crippen LogP contribution in [0.2, 0.25) is 0 Å². The lowest BCUT2D eigenvalue weighted by atomic mass is 9.61. The second-order valence-electron chi connectivity index (χ2n) is 6.10. The lowest BCUT2D eigenvalue weighted by molar-refractivity contribution is -0.119. The molecule has 110 valence electrons. The molecule has 0 aromatic rings. The minimum Gasteiger partial charge on any atom is -0.378 e. The molecule has 2 saturated carbocycles. The van der Waals surface area contributed by atoms with Crippen LogP contribution in [0.4, 0.5) is 0 Å². The van der Waals surface area contributed by atoms with Crippen LogP contribution in [-0.2, 0) is 4.74 Å². The van der Waals surface area contributed by atoms with Gasteiger partial charge in [-0.15, -0.1) is 0 Å². The van der Waals surface area contributed by atoms with E-state index in [2.05, 4.69) is 26.1 Å². The Hall–Kier alpha value is -0.770. The first-order valence-electron chi connectivity index (χ1n) is 7.83. The van der Waals surface area contributed by atoms with Crippen LogP contribution < -0.4 is 11.1 Å². The number of guanidine groups is 1. The van der Waals surface area contributed by atoms with Crippen molar-refractivity contribution in [1.82, 2.24) is 5.32 Å². The summed E-state index contributed by atoms with van der Waals surface area (Å²) in [7, 11) is 0. The van der Waals surface area contributed by atoms with Crippen LogP contribution in [0.1, 0.15) is 59.3 Å². The largest absolute Gasteiger partial charge is 0.378 e. The van der Waals surface area contributed by atoms with Gasteiger partial charge in [0.2, 0.25) is 0 Å². The predicted molar refractivity (Wildman–Crippen MR) is 79.2 cm³/mol. The number of ether oxygens (including phenoxy) is 1. The van der Waals surface area contributed by atoms with Crippen molar-refractivity contribution in [2.45, 2.75) is 77.5 Å². The van der Waals surface area contributed by atoms with E-state index in [1.807, 2.05) is 0 Å². The van der Waals surface area contributed by atoms with Gasteiger partial charge in [-0.2, -0.15) is 0 Å². The summed E-state index contributed by atoms with van der Waals surface area (Å²) in [4.78, 5) is 4.74. The highest BCUT2D eigenvalue weighted by Gasteiger charge is 2.56. The number of hydrogen-bond donors (Lipinski definition) is 2. The summed E-state index contributed by atoms with van der Waals surface area (Å²) in [6.45, 7) is 7.18. The van der Waals surface area contributed by atoms with Crippen LogP contribution in [0.15, 0.2) is 4.99 Å². The van der Waals surface area contributed by atoms with E-state index in [0.717, 1.165) is 19.4 Å². The Bertz CT molecular complexity index is 323. The van der Waals surface area contributed by atoms with Gasteiger partial charge < -0.3 is 15.8 Å². The van der Waals surface area contributed by atoms with E-state index in [1.54, 1.807) is 0 Å². The summed E-state index contributed by atoms with van der Waals surface area (Å²) in [5.41, 5.74) is 6.32. The summed E-state index contributed by atoms with van der Waals surface area (Å²) in [5.74, 6) is 0.612. The van der Waals surface area contributed by atoms with Gasteiger partial charge in [-0.25, -0.2) is 4.99 Å². The number of nitrogens with two attached hydrogens (primary N) is 1. The molecule has 3 atom stereocenters. The highest BCUT2D eigenvalue weighted by atomic mass is 16.5. The maximum absolute atomic E-state index is 6.03. The molecule has 2 aliphatic carbocycles. The quantitative estimate of drug-likeness (QED) is 0.594. The highest BCUT2D eigenvalue weighted by Crippen LogP contribution is 2.56. The number of nitrogens with one attached hydrogen (secondary N) is 1. The van der Waals surface area contributed by atoms with E-state index >= 15 is 0 Å². The monoisotopic (exact) mass is 267 g/mol. The number of rotatable bonds is 5. The molecule has 0 radical (unpaired) electrons. The Morgan fingerprint density at radius 2 is 2.11 bits per heavy atom. The molecule has 0 amide bonds. The van der Waals surface area contributed by atoms with Gasteiger partial charge in [-0.1, -0.05) is 19.8 Å².